The lowest BCUT2D eigenvalue weighted by Gasteiger charge is -2.31. The summed E-state index contributed by atoms with van der Waals surface area (Å²) in [5.74, 6) is 1.22. The van der Waals surface area contributed by atoms with Gasteiger partial charge in [-0.1, -0.05) is 24.3 Å². The van der Waals surface area contributed by atoms with E-state index in [1.165, 1.54) is 5.01 Å². The number of ether oxygens (including phenoxy) is 3. The van der Waals surface area contributed by atoms with Crippen molar-refractivity contribution in [3.8, 4) is 11.5 Å². The van der Waals surface area contributed by atoms with E-state index in [9.17, 15) is 9.59 Å². The molecule has 1 fully saturated rings. The van der Waals surface area contributed by atoms with E-state index < -0.39 is 0 Å². The number of nitrogens with zero attached hydrogens (tertiary/aromatic N) is 4. The molecule has 2 heterocycles. The molecule has 1 saturated heterocycles. The Hall–Kier alpha value is -3.63. The van der Waals surface area contributed by atoms with Gasteiger partial charge < -0.3 is 24.4 Å². The summed E-state index contributed by atoms with van der Waals surface area (Å²) in [6.07, 6.45) is 0.542. The van der Waals surface area contributed by atoms with Gasteiger partial charge in [0.05, 0.1) is 39.2 Å². The maximum absolute atomic E-state index is 13.7. The van der Waals surface area contributed by atoms with Crippen LogP contribution < -0.4 is 14.8 Å². The largest absolute Gasteiger partial charge is 0.497 e. The molecule has 2 aliphatic rings. The van der Waals surface area contributed by atoms with Gasteiger partial charge in [0, 0.05) is 44.7 Å². The summed E-state index contributed by atoms with van der Waals surface area (Å²) in [7, 11) is 3.25. The molecule has 1 unspecified atom stereocenters. The maximum atomic E-state index is 13.7. The van der Waals surface area contributed by atoms with E-state index in [1.54, 1.807) is 19.1 Å². The number of morpholine rings is 1. The van der Waals surface area contributed by atoms with E-state index in [2.05, 4.69) is 10.2 Å². The van der Waals surface area contributed by atoms with Gasteiger partial charge in [0.25, 0.3) is 5.91 Å². The zero-order valence-electron chi connectivity index (χ0n) is 22.4. The molecule has 10 heteroatoms. The Morgan fingerprint density at radius 3 is 2.50 bits per heavy atom. The Balaban J connectivity index is 1.56. The maximum Gasteiger partial charge on any atom is 0.317 e. The number of methoxy groups -OCH3 is 2. The van der Waals surface area contributed by atoms with Crippen LogP contribution in [0.2, 0.25) is 0 Å². The third-order valence-electron chi connectivity index (χ3n) is 6.80. The van der Waals surface area contributed by atoms with Crippen molar-refractivity contribution in [2.24, 2.45) is 5.10 Å². The van der Waals surface area contributed by atoms with Gasteiger partial charge in [-0.15, -0.1) is 0 Å². The topological polar surface area (TPSA) is 95.9 Å². The summed E-state index contributed by atoms with van der Waals surface area (Å²) in [5.41, 5.74) is 2.63. The first-order chi connectivity index (χ1) is 18.5. The van der Waals surface area contributed by atoms with Crippen LogP contribution in [0.5, 0.6) is 11.5 Å². The number of benzene rings is 2. The van der Waals surface area contributed by atoms with Gasteiger partial charge in [-0.3, -0.25) is 9.69 Å². The fourth-order valence-electron chi connectivity index (χ4n) is 4.64. The fourth-order valence-corrected chi connectivity index (χ4v) is 4.64. The van der Waals surface area contributed by atoms with Crippen LogP contribution in [0.4, 0.5) is 4.79 Å². The predicted octanol–water partition coefficient (Wildman–Crippen LogP) is 2.75. The second-order valence-electron chi connectivity index (χ2n) is 9.22. The highest BCUT2D eigenvalue weighted by molar-refractivity contribution is 6.03. The minimum atomic E-state index is -0.301. The van der Waals surface area contributed by atoms with Crippen LogP contribution in [0.25, 0.3) is 0 Å². The molecule has 2 aromatic carbocycles. The molecule has 4 rings (SSSR count). The third-order valence-corrected chi connectivity index (χ3v) is 6.80. The third kappa shape index (κ3) is 6.81. The molecule has 10 nitrogen and oxygen atoms in total. The number of carbonyl (C=O) groups is 2. The summed E-state index contributed by atoms with van der Waals surface area (Å²) in [6, 6.07) is 14.8. The molecule has 38 heavy (non-hydrogen) atoms. The van der Waals surface area contributed by atoms with E-state index in [0.717, 1.165) is 41.4 Å². The fraction of sp³-hybridized carbons (Fsp3) is 0.464. The molecule has 2 aromatic rings. The van der Waals surface area contributed by atoms with Crippen molar-refractivity contribution in [1.82, 2.24) is 20.1 Å². The lowest BCUT2D eigenvalue weighted by Crippen LogP contribution is -2.49. The van der Waals surface area contributed by atoms with E-state index >= 15 is 0 Å². The molecule has 0 bridgehead atoms. The quantitative estimate of drug-likeness (QED) is 0.515. The number of carbonyl (C=O) groups excluding carboxylic acids is 2. The number of hydrogen-bond donors (Lipinski definition) is 1. The van der Waals surface area contributed by atoms with E-state index in [1.807, 2.05) is 55.5 Å². The van der Waals surface area contributed by atoms with Crippen molar-refractivity contribution in [1.29, 1.82) is 0 Å². The Morgan fingerprint density at radius 2 is 1.82 bits per heavy atom. The van der Waals surface area contributed by atoms with Crippen LogP contribution in [0.3, 0.4) is 0 Å². The number of rotatable bonds is 10. The first-order valence-corrected chi connectivity index (χ1v) is 13.0. The average molecular weight is 524 g/mol. The minimum absolute atomic E-state index is 0.0717. The average Bonchev–Trinajstić information content (AvgIpc) is 3.42. The standard InChI is InChI=1S/C28H37N5O5/c1-4-29-28(35)32(13-12-31-14-16-38-17-15-31)20-27(34)33-26(21-8-10-23(36-2)11-9-21)19-25(30-33)22-6-5-7-24(18-22)37-3/h5-11,18,26H,4,12-17,19-20H2,1-3H3,(H,29,35). The highest BCUT2D eigenvalue weighted by Gasteiger charge is 2.34. The molecule has 204 valence electrons. The zero-order chi connectivity index (χ0) is 26.9. The van der Waals surface area contributed by atoms with Crippen LogP contribution in [0, 0.1) is 0 Å². The van der Waals surface area contributed by atoms with Gasteiger partial charge in [-0.05, 0) is 36.8 Å². The summed E-state index contributed by atoms with van der Waals surface area (Å²) in [6.45, 7) is 6.38. The lowest BCUT2D eigenvalue weighted by atomic mass is 9.98. The van der Waals surface area contributed by atoms with Crippen LogP contribution in [0.1, 0.15) is 30.5 Å². The highest BCUT2D eigenvalue weighted by Crippen LogP contribution is 2.34. The van der Waals surface area contributed by atoms with Gasteiger partial charge in [0.1, 0.15) is 18.0 Å². The summed E-state index contributed by atoms with van der Waals surface area (Å²) < 4.78 is 16.1. The van der Waals surface area contributed by atoms with Crippen LogP contribution in [0.15, 0.2) is 53.6 Å². The van der Waals surface area contributed by atoms with Crippen molar-refractivity contribution >= 4 is 17.6 Å². The molecule has 2 aliphatic heterocycles. The molecule has 0 aromatic heterocycles. The molecular formula is C28H37N5O5. The van der Waals surface area contributed by atoms with Crippen molar-refractivity contribution in [3.05, 3.63) is 59.7 Å². The van der Waals surface area contributed by atoms with E-state index in [0.29, 0.717) is 39.3 Å². The number of hydrogen-bond acceptors (Lipinski definition) is 7. The van der Waals surface area contributed by atoms with Crippen molar-refractivity contribution in [2.75, 3.05) is 66.7 Å². The highest BCUT2D eigenvalue weighted by atomic mass is 16.5. The Morgan fingerprint density at radius 1 is 1.08 bits per heavy atom. The molecule has 0 aliphatic carbocycles. The molecule has 0 spiro atoms. The molecule has 1 N–H and O–H groups in total. The van der Waals surface area contributed by atoms with E-state index in [4.69, 9.17) is 19.3 Å². The molecule has 1 atom stereocenters. The normalized spacial score (nSPS) is 17.6. The molecule has 3 amide bonds. The molecular weight excluding hydrogens is 486 g/mol. The summed E-state index contributed by atoms with van der Waals surface area (Å²) in [5, 5.41) is 9.14. The Labute approximate surface area is 224 Å². The van der Waals surface area contributed by atoms with Gasteiger partial charge >= 0.3 is 6.03 Å². The van der Waals surface area contributed by atoms with Gasteiger partial charge in [-0.2, -0.15) is 5.10 Å². The minimum Gasteiger partial charge on any atom is -0.497 e. The molecule has 0 saturated carbocycles. The monoisotopic (exact) mass is 523 g/mol. The summed E-state index contributed by atoms with van der Waals surface area (Å²) >= 11 is 0. The van der Waals surface area contributed by atoms with Crippen LogP contribution in [-0.4, -0.2) is 99.2 Å². The number of urea groups is 1. The second-order valence-corrected chi connectivity index (χ2v) is 9.22. The summed E-state index contributed by atoms with van der Waals surface area (Å²) in [4.78, 5) is 30.4. The predicted molar refractivity (Wildman–Crippen MR) is 145 cm³/mol. The molecule has 0 radical (unpaired) electrons. The van der Waals surface area contributed by atoms with Gasteiger partial charge in [0.2, 0.25) is 0 Å². The first kappa shape index (κ1) is 27.4. The smallest absolute Gasteiger partial charge is 0.317 e. The number of hydrazone groups is 1. The zero-order valence-corrected chi connectivity index (χ0v) is 22.4. The lowest BCUT2D eigenvalue weighted by molar-refractivity contribution is -0.133. The first-order valence-electron chi connectivity index (χ1n) is 13.0. The Kier molecular flexibility index (Phi) is 9.56. The SMILES string of the molecule is CCNC(=O)N(CCN1CCOCC1)CC(=O)N1N=C(c2cccc(OC)c2)CC1c1ccc(OC)cc1. The van der Waals surface area contributed by atoms with Crippen molar-refractivity contribution in [3.63, 3.8) is 0 Å². The van der Waals surface area contributed by atoms with Gasteiger partial charge in [0.15, 0.2) is 0 Å². The van der Waals surface area contributed by atoms with Crippen LogP contribution in [-0.2, 0) is 9.53 Å². The van der Waals surface area contributed by atoms with Crippen molar-refractivity contribution in [2.45, 2.75) is 19.4 Å². The number of nitrogens with one attached hydrogen (secondary N) is 1. The van der Waals surface area contributed by atoms with Gasteiger partial charge in [-0.25, -0.2) is 9.80 Å². The van der Waals surface area contributed by atoms with Crippen LogP contribution >= 0.6 is 0 Å². The number of amides is 3. The second kappa shape index (κ2) is 13.3. The van der Waals surface area contributed by atoms with E-state index in [-0.39, 0.29) is 24.5 Å². The Bertz CT molecular complexity index is 1120. The van der Waals surface area contributed by atoms with Crippen molar-refractivity contribution < 1.29 is 23.8 Å².